The van der Waals surface area contributed by atoms with E-state index in [9.17, 15) is 41.6 Å². The third kappa shape index (κ3) is 6.62. The molecule has 0 saturated carbocycles. The summed E-state index contributed by atoms with van der Waals surface area (Å²) in [5.74, 6) is -2.17. The van der Waals surface area contributed by atoms with E-state index in [0.29, 0.717) is 16.8 Å². The minimum Gasteiger partial charge on any atom is -0.735 e. The number of ether oxygens (including phenoxy) is 1. The van der Waals surface area contributed by atoms with Crippen molar-refractivity contribution in [1.29, 1.82) is 0 Å². The van der Waals surface area contributed by atoms with Crippen molar-refractivity contribution in [2.75, 3.05) is 31.1 Å². The number of aliphatic hydroxyl groups excluding tert-OH is 1. The fraction of sp³-hybridized carbons (Fsp3) is 0.310. The van der Waals surface area contributed by atoms with Crippen molar-refractivity contribution in [3.05, 3.63) is 89.5 Å². The molecule has 0 bridgehead atoms. The number of halogens is 2. The lowest BCUT2D eigenvalue weighted by Gasteiger charge is -2.48. The van der Waals surface area contributed by atoms with Gasteiger partial charge in [0.25, 0.3) is 0 Å². The Balaban J connectivity index is 1.32. The molecular formula is C29H28F2N3O8S-. The summed E-state index contributed by atoms with van der Waals surface area (Å²) in [6, 6.07) is 14.1. The van der Waals surface area contributed by atoms with Gasteiger partial charge in [0.1, 0.15) is 23.1 Å². The molecule has 2 saturated heterocycles. The summed E-state index contributed by atoms with van der Waals surface area (Å²) in [6.45, 7) is -0.437. The summed E-state index contributed by atoms with van der Waals surface area (Å²) in [5, 5.41) is 21.6. The minimum absolute atomic E-state index is 0.00705. The monoisotopic (exact) mass is 616 g/mol. The number of β-lactam (4-membered cyclic amide) rings is 1. The number of aromatic hydroxyl groups is 1. The number of rotatable bonds is 8. The summed E-state index contributed by atoms with van der Waals surface area (Å²) in [4.78, 5) is 28.6. The highest BCUT2D eigenvalue weighted by Crippen LogP contribution is 2.49. The number of hydrogen-bond acceptors (Lipinski definition) is 8. The largest absolute Gasteiger partial charge is 0.735 e. The van der Waals surface area contributed by atoms with Crippen molar-refractivity contribution in [3.8, 4) is 11.5 Å². The molecule has 14 heteroatoms. The van der Waals surface area contributed by atoms with E-state index in [-0.39, 0.29) is 56.4 Å². The quantitative estimate of drug-likeness (QED) is 0.289. The number of aliphatic hydroxyl groups is 1. The fourth-order valence-corrected chi connectivity index (χ4v) is 5.97. The predicted molar refractivity (Wildman–Crippen MR) is 148 cm³/mol. The third-order valence-electron chi connectivity index (χ3n) is 7.66. The molecule has 5 rings (SSSR count). The first kappa shape index (κ1) is 30.4. The second kappa shape index (κ2) is 12.2. The number of amides is 2. The molecule has 0 radical (unpaired) electrons. The van der Waals surface area contributed by atoms with Gasteiger partial charge in [-0.3, -0.25) is 4.79 Å². The summed E-state index contributed by atoms with van der Waals surface area (Å²) in [7, 11) is -4.61. The first-order valence-corrected chi connectivity index (χ1v) is 14.8. The molecule has 2 fully saturated rings. The first-order valence-electron chi connectivity index (χ1n) is 13.4. The van der Waals surface area contributed by atoms with Crippen LogP contribution in [0.25, 0.3) is 0 Å². The highest BCUT2D eigenvalue weighted by molar-refractivity contribution is 7.83. The smallest absolute Gasteiger partial charge is 0.415 e. The molecule has 2 aliphatic rings. The van der Waals surface area contributed by atoms with Crippen LogP contribution in [0.3, 0.4) is 0 Å². The summed E-state index contributed by atoms with van der Waals surface area (Å²) >= 11 is 0. The van der Waals surface area contributed by atoms with Crippen LogP contribution in [-0.2, 0) is 15.1 Å². The molecule has 0 spiro atoms. The lowest BCUT2D eigenvalue weighted by molar-refractivity contribution is -0.131. The zero-order valence-electron chi connectivity index (χ0n) is 22.7. The number of carbonyl (C=O) groups excluding carboxylic acids is 2. The molecule has 11 nitrogen and oxygen atoms in total. The Labute approximate surface area is 246 Å². The molecule has 3 aromatic rings. The maximum absolute atomic E-state index is 13.6. The molecule has 3 atom stereocenters. The summed E-state index contributed by atoms with van der Waals surface area (Å²) in [5.41, 5.74) is 1.23. The minimum atomic E-state index is -4.61. The lowest BCUT2D eigenvalue weighted by Crippen LogP contribution is -2.55. The lowest BCUT2D eigenvalue weighted by atomic mass is 9.78. The van der Waals surface area contributed by atoms with E-state index in [4.69, 9.17) is 4.74 Å². The summed E-state index contributed by atoms with van der Waals surface area (Å²) < 4.78 is 66.5. The van der Waals surface area contributed by atoms with Crippen molar-refractivity contribution >= 4 is 28.0 Å². The Morgan fingerprint density at radius 2 is 1.58 bits per heavy atom. The van der Waals surface area contributed by atoms with Crippen molar-refractivity contribution < 1.29 is 46.3 Å². The van der Waals surface area contributed by atoms with Gasteiger partial charge in [-0.2, -0.15) is 0 Å². The van der Waals surface area contributed by atoms with Gasteiger partial charge >= 0.3 is 6.09 Å². The molecule has 228 valence electrons. The van der Waals surface area contributed by atoms with Gasteiger partial charge in [-0.15, -0.1) is 0 Å². The van der Waals surface area contributed by atoms with E-state index in [2.05, 4.69) is 0 Å². The number of hydrogen-bond donors (Lipinski definition) is 2. The molecular weight excluding hydrogens is 588 g/mol. The van der Waals surface area contributed by atoms with Crippen LogP contribution in [0.1, 0.15) is 36.1 Å². The van der Waals surface area contributed by atoms with Gasteiger partial charge in [0, 0.05) is 43.5 Å². The van der Waals surface area contributed by atoms with Crippen LogP contribution >= 0.6 is 0 Å². The maximum atomic E-state index is 13.6. The van der Waals surface area contributed by atoms with E-state index in [0.717, 1.165) is 4.31 Å². The fourth-order valence-electron chi connectivity index (χ4n) is 5.36. The Hall–Kier alpha value is -4.11. The maximum Gasteiger partial charge on any atom is 0.415 e. The second-order valence-electron chi connectivity index (χ2n) is 10.3. The van der Waals surface area contributed by atoms with Gasteiger partial charge in [0.15, 0.2) is 10.3 Å². The van der Waals surface area contributed by atoms with Crippen LogP contribution in [0.4, 0.5) is 19.3 Å². The van der Waals surface area contributed by atoms with E-state index in [1.54, 1.807) is 0 Å². The molecule has 43 heavy (non-hydrogen) atoms. The number of nitrogens with zero attached hydrogens (tertiary/aromatic N) is 3. The number of phenolic OH excluding ortho intramolecular Hbond substituents is 1. The Morgan fingerprint density at radius 1 is 0.977 bits per heavy atom. The van der Waals surface area contributed by atoms with Crippen molar-refractivity contribution in [1.82, 2.24) is 9.21 Å². The number of anilines is 1. The zero-order valence-corrected chi connectivity index (χ0v) is 23.5. The number of carbonyl (C=O) groups is 2. The molecule has 0 unspecified atom stereocenters. The van der Waals surface area contributed by atoms with Gasteiger partial charge in [0.05, 0.1) is 18.1 Å². The van der Waals surface area contributed by atoms with Crippen LogP contribution in [-0.4, -0.2) is 70.6 Å². The van der Waals surface area contributed by atoms with Gasteiger partial charge in [-0.05, 0) is 66.9 Å². The van der Waals surface area contributed by atoms with Crippen molar-refractivity contribution in [3.63, 3.8) is 0 Å². The Kier molecular flexibility index (Phi) is 8.64. The second-order valence-corrected chi connectivity index (χ2v) is 11.7. The first-order chi connectivity index (χ1) is 20.4. The van der Waals surface area contributed by atoms with Crippen LogP contribution in [0, 0.1) is 17.6 Å². The standard InChI is InChI=1S/C29H29F2N3O8S/c30-19-3-1-18(2-4-19)25(35)12-11-24-27(34(28(24)37)21-7-5-20(31)6-8-21)23-10-9-22(17-26(23)36)42-29(38)32-13-15-33(16-14-32)43(39,40)41/h1-10,17,24-25,27,35-36H,11-16H2,(H,39,40,41)/p-1/t24-,25+,27-/m1/s1. The van der Waals surface area contributed by atoms with Crippen molar-refractivity contribution in [2.45, 2.75) is 25.0 Å². The SMILES string of the molecule is O=C(Oc1ccc([C@@H]2[C@@H](CC[C@H](O)c3ccc(F)cc3)C(=O)N2c2ccc(F)cc2)c(O)c1)N1CCN(S(=O)(=O)[O-])CC1. The average molecular weight is 617 g/mol. The predicted octanol–water partition coefficient (Wildman–Crippen LogP) is 3.46. The Morgan fingerprint density at radius 3 is 2.16 bits per heavy atom. The Bertz CT molecular complexity index is 1600. The number of piperazine rings is 1. The van der Waals surface area contributed by atoms with Gasteiger partial charge in [0.2, 0.25) is 5.91 Å². The molecule has 0 aliphatic carbocycles. The van der Waals surface area contributed by atoms with Gasteiger partial charge in [-0.25, -0.2) is 26.3 Å². The normalized spacial score (nSPS) is 20.0. The summed E-state index contributed by atoms with van der Waals surface area (Å²) in [6.07, 6.45) is -1.36. The van der Waals surface area contributed by atoms with Crippen LogP contribution < -0.4 is 9.64 Å². The van der Waals surface area contributed by atoms with Crippen LogP contribution in [0.5, 0.6) is 11.5 Å². The molecule has 2 heterocycles. The van der Waals surface area contributed by atoms with Crippen molar-refractivity contribution in [2.24, 2.45) is 5.92 Å². The molecule has 3 aromatic carbocycles. The molecule has 2 amide bonds. The van der Waals surface area contributed by atoms with E-state index in [1.165, 1.54) is 76.5 Å². The van der Waals surface area contributed by atoms with Crippen LogP contribution in [0.2, 0.25) is 0 Å². The molecule has 0 aromatic heterocycles. The van der Waals surface area contributed by atoms with E-state index in [1.807, 2.05) is 0 Å². The third-order valence-corrected chi connectivity index (χ3v) is 8.66. The number of benzene rings is 3. The zero-order chi connectivity index (χ0) is 30.9. The highest BCUT2D eigenvalue weighted by Gasteiger charge is 2.49. The van der Waals surface area contributed by atoms with Gasteiger partial charge in [-0.1, -0.05) is 12.1 Å². The van der Waals surface area contributed by atoms with E-state index < -0.39 is 46.1 Å². The van der Waals surface area contributed by atoms with Crippen LogP contribution in [0.15, 0.2) is 66.7 Å². The average Bonchev–Trinajstić information content (AvgIpc) is 2.97. The topological polar surface area (TPSA) is 151 Å². The van der Waals surface area contributed by atoms with Gasteiger partial charge < -0.3 is 29.3 Å². The highest BCUT2D eigenvalue weighted by atomic mass is 32.2. The molecule has 2 N–H and O–H groups in total. The molecule has 2 aliphatic heterocycles. The van der Waals surface area contributed by atoms with E-state index >= 15 is 0 Å². The number of phenols is 1.